The first kappa shape index (κ1) is 13.9. The van der Waals surface area contributed by atoms with Crippen LogP contribution in [0.15, 0.2) is 6.07 Å². The van der Waals surface area contributed by atoms with Gasteiger partial charge in [0.15, 0.2) is 5.82 Å². The summed E-state index contributed by atoms with van der Waals surface area (Å²) in [6, 6.07) is 1.94. The van der Waals surface area contributed by atoms with Crippen molar-refractivity contribution in [2.75, 3.05) is 19.0 Å². The Morgan fingerprint density at radius 2 is 1.88 bits per heavy atom. The monoisotopic (exact) mass is 237 g/mol. The van der Waals surface area contributed by atoms with Crippen molar-refractivity contribution in [3.63, 3.8) is 0 Å². The normalized spacial score (nSPS) is 11.6. The number of aryl methyl sites for hydroxylation is 1. The Balaban J connectivity index is 3.21. The van der Waals surface area contributed by atoms with Crippen molar-refractivity contribution < 1.29 is 4.74 Å². The highest BCUT2D eigenvalue weighted by Gasteiger charge is 2.32. The maximum absolute atomic E-state index is 5.92. The van der Waals surface area contributed by atoms with Crippen LogP contribution in [-0.4, -0.2) is 23.6 Å². The highest BCUT2D eigenvalue weighted by Crippen LogP contribution is 2.31. The van der Waals surface area contributed by atoms with Crippen molar-refractivity contribution in [2.24, 2.45) is 0 Å². The minimum atomic E-state index is -0.355. The van der Waals surface area contributed by atoms with Gasteiger partial charge in [0.1, 0.15) is 11.4 Å². The van der Waals surface area contributed by atoms with Crippen LogP contribution in [-0.2, 0) is 10.3 Å². The van der Waals surface area contributed by atoms with E-state index in [1.165, 1.54) is 0 Å². The predicted molar refractivity (Wildman–Crippen MR) is 70.2 cm³/mol. The lowest BCUT2D eigenvalue weighted by molar-refractivity contribution is -0.0571. The van der Waals surface area contributed by atoms with Gasteiger partial charge in [-0.2, -0.15) is 0 Å². The van der Waals surface area contributed by atoms with E-state index in [1.807, 2.05) is 27.0 Å². The van der Waals surface area contributed by atoms with Gasteiger partial charge in [-0.3, -0.25) is 0 Å². The maximum Gasteiger partial charge on any atom is 0.162 e. The second-order valence-electron chi connectivity index (χ2n) is 4.10. The van der Waals surface area contributed by atoms with Gasteiger partial charge < -0.3 is 10.1 Å². The van der Waals surface area contributed by atoms with Crippen molar-refractivity contribution in [1.82, 2.24) is 9.97 Å². The average molecular weight is 237 g/mol. The van der Waals surface area contributed by atoms with Crippen LogP contribution in [0.4, 0.5) is 5.82 Å². The summed E-state index contributed by atoms with van der Waals surface area (Å²) in [5.41, 5.74) is 0.608. The second kappa shape index (κ2) is 5.96. The lowest BCUT2D eigenvalue weighted by Gasteiger charge is -2.30. The summed E-state index contributed by atoms with van der Waals surface area (Å²) in [7, 11) is 1.87. The molecule has 1 aromatic rings. The van der Waals surface area contributed by atoms with E-state index >= 15 is 0 Å². The van der Waals surface area contributed by atoms with Crippen LogP contribution < -0.4 is 5.32 Å². The molecule has 0 saturated heterocycles. The van der Waals surface area contributed by atoms with Gasteiger partial charge >= 0.3 is 0 Å². The minimum Gasteiger partial charge on any atom is -0.373 e. The highest BCUT2D eigenvalue weighted by molar-refractivity contribution is 5.35. The molecule has 1 rings (SSSR count). The number of hydrogen-bond acceptors (Lipinski definition) is 4. The third kappa shape index (κ3) is 2.94. The summed E-state index contributed by atoms with van der Waals surface area (Å²) in [6.07, 6.45) is 1.76. The Kier molecular flexibility index (Phi) is 4.87. The Bertz CT molecular complexity index is 362. The zero-order chi connectivity index (χ0) is 12.9. The molecule has 0 bridgehead atoms. The zero-order valence-electron chi connectivity index (χ0n) is 11.5. The molecule has 0 radical (unpaired) electrons. The molecule has 0 saturated carbocycles. The highest BCUT2D eigenvalue weighted by atomic mass is 16.5. The lowest BCUT2D eigenvalue weighted by atomic mass is 9.95. The van der Waals surface area contributed by atoms with Gasteiger partial charge in [-0.15, -0.1) is 0 Å². The van der Waals surface area contributed by atoms with Gasteiger partial charge in [-0.1, -0.05) is 13.8 Å². The number of ether oxygens (including phenoxy) is 1. The van der Waals surface area contributed by atoms with Crippen molar-refractivity contribution in [1.29, 1.82) is 0 Å². The SMILES string of the molecule is CCOC(CC)(CC)c1nc(C)cc(NC)n1. The van der Waals surface area contributed by atoms with E-state index in [9.17, 15) is 0 Å². The standard InChI is InChI=1S/C13H23N3O/c1-6-13(7-2,17-8-3)12-15-10(4)9-11(14-5)16-12/h9H,6-8H2,1-5H3,(H,14,15,16). The molecule has 1 aromatic heterocycles. The maximum atomic E-state index is 5.92. The van der Waals surface area contributed by atoms with Crippen LogP contribution in [0.2, 0.25) is 0 Å². The van der Waals surface area contributed by atoms with Crippen molar-refractivity contribution in [3.8, 4) is 0 Å². The number of nitrogens with one attached hydrogen (secondary N) is 1. The van der Waals surface area contributed by atoms with Crippen LogP contribution in [0.5, 0.6) is 0 Å². The molecule has 17 heavy (non-hydrogen) atoms. The fourth-order valence-corrected chi connectivity index (χ4v) is 2.01. The zero-order valence-corrected chi connectivity index (χ0v) is 11.5. The van der Waals surface area contributed by atoms with Crippen LogP contribution >= 0.6 is 0 Å². The first-order chi connectivity index (χ1) is 8.11. The van der Waals surface area contributed by atoms with E-state index in [0.29, 0.717) is 6.61 Å². The molecule has 0 amide bonds. The first-order valence-corrected chi connectivity index (χ1v) is 6.29. The van der Waals surface area contributed by atoms with Crippen molar-refractivity contribution in [3.05, 3.63) is 17.6 Å². The molecule has 0 aliphatic rings. The Hall–Kier alpha value is -1.16. The number of nitrogens with zero attached hydrogens (tertiary/aromatic N) is 2. The molecule has 1 N–H and O–H groups in total. The van der Waals surface area contributed by atoms with Crippen LogP contribution in [0, 0.1) is 6.92 Å². The number of aromatic nitrogens is 2. The summed E-state index contributed by atoms with van der Waals surface area (Å²) in [5.74, 6) is 1.63. The fourth-order valence-electron chi connectivity index (χ4n) is 2.01. The van der Waals surface area contributed by atoms with E-state index < -0.39 is 0 Å². The Morgan fingerprint density at radius 3 is 2.35 bits per heavy atom. The molecule has 0 aliphatic carbocycles. The quantitative estimate of drug-likeness (QED) is 0.826. The summed E-state index contributed by atoms with van der Waals surface area (Å²) in [5, 5.41) is 3.06. The molecule has 4 nitrogen and oxygen atoms in total. The van der Waals surface area contributed by atoms with E-state index in [4.69, 9.17) is 4.74 Å². The lowest BCUT2D eigenvalue weighted by Crippen LogP contribution is -2.31. The second-order valence-corrected chi connectivity index (χ2v) is 4.10. The molecular weight excluding hydrogens is 214 g/mol. The van der Waals surface area contributed by atoms with E-state index in [-0.39, 0.29) is 5.60 Å². The van der Waals surface area contributed by atoms with Crippen molar-refractivity contribution in [2.45, 2.75) is 46.1 Å². The van der Waals surface area contributed by atoms with Gasteiger partial charge in [-0.25, -0.2) is 9.97 Å². The molecule has 0 unspecified atom stereocenters. The molecule has 0 atom stereocenters. The largest absolute Gasteiger partial charge is 0.373 e. The van der Waals surface area contributed by atoms with E-state index in [1.54, 1.807) is 0 Å². The molecular formula is C13H23N3O. The first-order valence-electron chi connectivity index (χ1n) is 6.29. The molecule has 96 valence electrons. The number of hydrogen-bond donors (Lipinski definition) is 1. The molecule has 1 heterocycles. The van der Waals surface area contributed by atoms with E-state index in [2.05, 4.69) is 29.1 Å². The predicted octanol–water partition coefficient (Wildman–Crippen LogP) is 2.88. The van der Waals surface area contributed by atoms with Crippen LogP contribution in [0.1, 0.15) is 45.1 Å². The molecule has 0 fully saturated rings. The van der Waals surface area contributed by atoms with E-state index in [0.717, 1.165) is 30.2 Å². The Labute approximate surface area is 104 Å². The van der Waals surface area contributed by atoms with Gasteiger partial charge in [0.25, 0.3) is 0 Å². The van der Waals surface area contributed by atoms with Gasteiger partial charge in [0, 0.05) is 25.4 Å². The Morgan fingerprint density at radius 1 is 1.24 bits per heavy atom. The number of rotatable bonds is 6. The van der Waals surface area contributed by atoms with Gasteiger partial charge in [0.2, 0.25) is 0 Å². The molecule has 0 aromatic carbocycles. The van der Waals surface area contributed by atoms with Crippen molar-refractivity contribution >= 4 is 5.82 Å². The average Bonchev–Trinajstić information content (AvgIpc) is 2.35. The molecule has 0 aliphatic heterocycles. The van der Waals surface area contributed by atoms with Crippen LogP contribution in [0.25, 0.3) is 0 Å². The smallest absolute Gasteiger partial charge is 0.162 e. The third-order valence-corrected chi connectivity index (χ3v) is 3.08. The summed E-state index contributed by atoms with van der Waals surface area (Å²) < 4.78 is 5.92. The topological polar surface area (TPSA) is 47.0 Å². The minimum absolute atomic E-state index is 0.355. The molecule has 0 spiro atoms. The fraction of sp³-hybridized carbons (Fsp3) is 0.692. The summed E-state index contributed by atoms with van der Waals surface area (Å²) >= 11 is 0. The molecule has 4 heteroatoms. The summed E-state index contributed by atoms with van der Waals surface area (Å²) in [6.45, 7) is 8.89. The third-order valence-electron chi connectivity index (χ3n) is 3.08. The van der Waals surface area contributed by atoms with Gasteiger partial charge in [-0.05, 0) is 26.7 Å². The number of anilines is 1. The van der Waals surface area contributed by atoms with Gasteiger partial charge in [0.05, 0.1) is 0 Å². The van der Waals surface area contributed by atoms with Crippen LogP contribution in [0.3, 0.4) is 0 Å². The summed E-state index contributed by atoms with van der Waals surface area (Å²) in [4.78, 5) is 9.08.